The number of pyridine rings is 1. The monoisotopic (exact) mass is 405 g/mol. The Hall–Kier alpha value is -2.38. The van der Waals surface area contributed by atoms with Gasteiger partial charge in [-0.15, -0.1) is 0 Å². The Kier molecular flexibility index (Phi) is 5.53. The Morgan fingerprint density at radius 3 is 2.37 bits per heavy atom. The van der Waals surface area contributed by atoms with E-state index in [9.17, 15) is 12.8 Å². The van der Waals surface area contributed by atoms with E-state index in [4.69, 9.17) is 11.6 Å². The highest BCUT2D eigenvalue weighted by molar-refractivity contribution is 7.90. The van der Waals surface area contributed by atoms with Crippen molar-refractivity contribution in [2.24, 2.45) is 0 Å². The van der Waals surface area contributed by atoms with Crippen molar-refractivity contribution in [1.82, 2.24) is 15.0 Å². The maximum Gasteiger partial charge on any atom is 0.223 e. The molecule has 8 heteroatoms. The molecule has 3 aromatic rings. The second-order valence-corrected chi connectivity index (χ2v) is 8.57. The SMILES string of the molecule is CC(C)c1nc(Cl)nc(-c2ccc(F)cc2)c1CS(=O)(=O)c1ccccn1. The lowest BCUT2D eigenvalue weighted by molar-refractivity contribution is 0.590. The lowest BCUT2D eigenvalue weighted by Gasteiger charge is -2.16. The average Bonchev–Trinajstić information content (AvgIpc) is 2.64. The molecule has 0 N–H and O–H groups in total. The molecule has 0 saturated carbocycles. The van der Waals surface area contributed by atoms with E-state index in [0.717, 1.165) is 0 Å². The Morgan fingerprint density at radius 1 is 1.07 bits per heavy atom. The highest BCUT2D eigenvalue weighted by atomic mass is 35.5. The van der Waals surface area contributed by atoms with E-state index in [1.807, 2.05) is 13.8 Å². The molecule has 0 amide bonds. The first kappa shape index (κ1) is 19.4. The molecule has 0 unspecified atom stereocenters. The number of aromatic nitrogens is 3. The molecule has 0 radical (unpaired) electrons. The van der Waals surface area contributed by atoms with Crippen molar-refractivity contribution in [3.05, 3.63) is 71.0 Å². The van der Waals surface area contributed by atoms with Crippen LogP contribution in [0.15, 0.2) is 53.7 Å². The smallest absolute Gasteiger partial charge is 0.223 e. The molecule has 0 aliphatic rings. The van der Waals surface area contributed by atoms with Gasteiger partial charge in [-0.25, -0.2) is 27.8 Å². The molecular weight excluding hydrogens is 389 g/mol. The fourth-order valence-electron chi connectivity index (χ4n) is 2.73. The molecule has 0 atom stereocenters. The third-order valence-corrected chi connectivity index (χ3v) is 5.68. The summed E-state index contributed by atoms with van der Waals surface area (Å²) in [5.74, 6) is -0.814. The number of sulfone groups is 1. The van der Waals surface area contributed by atoms with Crippen molar-refractivity contribution in [2.75, 3.05) is 0 Å². The summed E-state index contributed by atoms with van der Waals surface area (Å²) in [6, 6.07) is 10.4. The highest BCUT2D eigenvalue weighted by Gasteiger charge is 2.25. The molecule has 2 heterocycles. The van der Waals surface area contributed by atoms with Gasteiger partial charge in [0.05, 0.1) is 17.1 Å². The van der Waals surface area contributed by atoms with E-state index in [1.54, 1.807) is 12.1 Å². The summed E-state index contributed by atoms with van der Waals surface area (Å²) < 4.78 is 39.1. The zero-order valence-electron chi connectivity index (χ0n) is 14.7. The van der Waals surface area contributed by atoms with Crippen LogP contribution in [-0.2, 0) is 15.6 Å². The Morgan fingerprint density at radius 2 is 1.78 bits per heavy atom. The molecule has 0 bridgehead atoms. The molecule has 0 fully saturated rings. The summed E-state index contributed by atoms with van der Waals surface area (Å²) >= 11 is 6.08. The first-order valence-electron chi connectivity index (χ1n) is 8.24. The van der Waals surface area contributed by atoms with Crippen LogP contribution in [0.5, 0.6) is 0 Å². The maximum atomic E-state index is 13.3. The quantitative estimate of drug-likeness (QED) is 0.587. The minimum atomic E-state index is -3.73. The van der Waals surface area contributed by atoms with Gasteiger partial charge in [0.15, 0.2) is 14.9 Å². The molecule has 3 rings (SSSR count). The van der Waals surface area contributed by atoms with Crippen LogP contribution in [0.3, 0.4) is 0 Å². The second kappa shape index (κ2) is 7.70. The van der Waals surface area contributed by atoms with E-state index < -0.39 is 15.7 Å². The number of hydrogen-bond donors (Lipinski definition) is 0. The zero-order chi connectivity index (χ0) is 19.6. The van der Waals surface area contributed by atoms with E-state index in [1.165, 1.54) is 36.5 Å². The maximum absolute atomic E-state index is 13.3. The number of halogens is 2. The van der Waals surface area contributed by atoms with Crippen molar-refractivity contribution in [1.29, 1.82) is 0 Å². The summed E-state index contributed by atoms with van der Waals surface area (Å²) in [6.07, 6.45) is 1.43. The molecule has 27 heavy (non-hydrogen) atoms. The standard InChI is InChI=1S/C19H17ClFN3O2S/c1-12(2)17-15(11-27(25,26)16-5-3-4-10-22-16)18(24-19(20)23-17)13-6-8-14(21)9-7-13/h3-10,12H,11H2,1-2H3. The van der Waals surface area contributed by atoms with Crippen LogP contribution in [0, 0.1) is 5.82 Å². The van der Waals surface area contributed by atoms with Crippen molar-refractivity contribution in [3.8, 4) is 11.3 Å². The fourth-order valence-corrected chi connectivity index (χ4v) is 4.23. The van der Waals surface area contributed by atoms with Crippen LogP contribution in [0.4, 0.5) is 4.39 Å². The Balaban J connectivity index is 2.19. The van der Waals surface area contributed by atoms with Crippen LogP contribution >= 0.6 is 11.6 Å². The van der Waals surface area contributed by atoms with Gasteiger partial charge in [0.25, 0.3) is 0 Å². The van der Waals surface area contributed by atoms with Crippen LogP contribution < -0.4 is 0 Å². The van der Waals surface area contributed by atoms with Crippen molar-refractivity contribution < 1.29 is 12.8 Å². The van der Waals surface area contributed by atoms with Crippen molar-refractivity contribution in [2.45, 2.75) is 30.5 Å². The van der Waals surface area contributed by atoms with Gasteiger partial charge in [0.1, 0.15) is 5.82 Å². The first-order valence-corrected chi connectivity index (χ1v) is 10.3. The molecule has 5 nitrogen and oxygen atoms in total. The molecular formula is C19H17ClFN3O2S. The first-order chi connectivity index (χ1) is 12.8. The predicted molar refractivity (Wildman–Crippen MR) is 102 cm³/mol. The molecule has 1 aromatic carbocycles. The van der Waals surface area contributed by atoms with Gasteiger partial charge in [-0.1, -0.05) is 19.9 Å². The molecule has 0 aliphatic carbocycles. The van der Waals surface area contributed by atoms with Gasteiger partial charge >= 0.3 is 0 Å². The van der Waals surface area contributed by atoms with E-state index in [0.29, 0.717) is 22.5 Å². The van der Waals surface area contributed by atoms with E-state index in [-0.39, 0.29) is 22.0 Å². The second-order valence-electron chi connectivity index (χ2n) is 6.29. The molecule has 0 aliphatic heterocycles. The topological polar surface area (TPSA) is 72.8 Å². The van der Waals surface area contributed by atoms with Gasteiger partial charge in [-0.2, -0.15) is 0 Å². The van der Waals surface area contributed by atoms with Crippen molar-refractivity contribution >= 4 is 21.4 Å². The minimum Gasteiger partial charge on any atom is -0.245 e. The largest absolute Gasteiger partial charge is 0.245 e. The predicted octanol–water partition coefficient (Wildman–Crippen LogP) is 4.43. The van der Waals surface area contributed by atoms with E-state index in [2.05, 4.69) is 15.0 Å². The average molecular weight is 406 g/mol. The Bertz CT molecular complexity index is 1060. The zero-order valence-corrected chi connectivity index (χ0v) is 16.3. The summed E-state index contributed by atoms with van der Waals surface area (Å²) in [4.78, 5) is 12.4. The minimum absolute atomic E-state index is 0.0111. The van der Waals surface area contributed by atoms with Gasteiger partial charge < -0.3 is 0 Å². The summed E-state index contributed by atoms with van der Waals surface area (Å²) in [6.45, 7) is 3.79. The molecule has 140 valence electrons. The van der Waals surface area contributed by atoms with Gasteiger partial charge in [-0.05, 0) is 53.9 Å². The lowest BCUT2D eigenvalue weighted by Crippen LogP contribution is -2.13. The third kappa shape index (κ3) is 4.31. The number of nitrogens with zero attached hydrogens (tertiary/aromatic N) is 3. The molecule has 2 aromatic heterocycles. The summed E-state index contributed by atoms with van der Waals surface area (Å²) in [7, 11) is -3.73. The van der Waals surface area contributed by atoms with Gasteiger partial charge in [0, 0.05) is 17.3 Å². The van der Waals surface area contributed by atoms with Crippen LogP contribution in [0.2, 0.25) is 5.28 Å². The highest BCUT2D eigenvalue weighted by Crippen LogP contribution is 2.31. The van der Waals surface area contributed by atoms with E-state index >= 15 is 0 Å². The van der Waals surface area contributed by atoms with Gasteiger partial charge in [0.2, 0.25) is 5.28 Å². The molecule has 0 spiro atoms. The number of rotatable bonds is 5. The normalized spacial score (nSPS) is 11.7. The van der Waals surface area contributed by atoms with Crippen LogP contribution in [0.25, 0.3) is 11.3 Å². The van der Waals surface area contributed by atoms with Crippen molar-refractivity contribution in [3.63, 3.8) is 0 Å². The third-order valence-electron chi connectivity index (χ3n) is 3.97. The van der Waals surface area contributed by atoms with Crippen LogP contribution in [-0.4, -0.2) is 23.4 Å². The molecule has 0 saturated heterocycles. The lowest BCUT2D eigenvalue weighted by atomic mass is 10.00. The number of benzene rings is 1. The van der Waals surface area contributed by atoms with Crippen LogP contribution in [0.1, 0.15) is 31.0 Å². The number of hydrogen-bond acceptors (Lipinski definition) is 5. The summed E-state index contributed by atoms with van der Waals surface area (Å²) in [5, 5.41) is -0.0169. The van der Waals surface area contributed by atoms with Gasteiger partial charge in [-0.3, -0.25) is 0 Å². The Labute approximate surface area is 162 Å². The summed E-state index contributed by atoms with van der Waals surface area (Å²) in [5.41, 5.74) is 1.91. The fraction of sp³-hybridized carbons (Fsp3) is 0.211.